The van der Waals surface area contributed by atoms with Crippen molar-refractivity contribution >= 4 is 17.5 Å². The van der Waals surface area contributed by atoms with E-state index in [4.69, 9.17) is 0 Å². The Balaban J connectivity index is 1.63. The number of carbonyl (C=O) groups excluding carboxylic acids is 2. The molecule has 28 heavy (non-hydrogen) atoms. The molecule has 1 saturated heterocycles. The number of piperidine rings is 1. The van der Waals surface area contributed by atoms with Crippen molar-refractivity contribution in [2.45, 2.75) is 39.2 Å². The molecule has 2 N–H and O–H groups in total. The summed E-state index contributed by atoms with van der Waals surface area (Å²) in [7, 11) is 1.87. The summed E-state index contributed by atoms with van der Waals surface area (Å²) < 4.78 is 1.77. The Morgan fingerprint density at radius 3 is 2.32 bits per heavy atom. The second-order valence-electron chi connectivity index (χ2n) is 7.62. The second kappa shape index (κ2) is 8.14. The molecular weight excluding hydrogens is 354 g/mol. The van der Waals surface area contributed by atoms with Gasteiger partial charge in [0.15, 0.2) is 0 Å². The largest absolute Gasteiger partial charge is 0.347 e. The zero-order chi connectivity index (χ0) is 20.3. The van der Waals surface area contributed by atoms with Crippen LogP contribution < -0.4 is 10.6 Å². The van der Waals surface area contributed by atoms with Gasteiger partial charge < -0.3 is 10.6 Å². The van der Waals surface area contributed by atoms with E-state index >= 15 is 0 Å². The molecule has 2 aromatic rings. The smallest absolute Gasteiger partial charge is 0.238 e. The van der Waals surface area contributed by atoms with E-state index in [1.807, 2.05) is 39.1 Å². The minimum absolute atomic E-state index is 0.0300. The van der Waals surface area contributed by atoms with Crippen molar-refractivity contribution in [2.24, 2.45) is 7.05 Å². The number of aryl methyl sites for hydroxylation is 2. The fourth-order valence-corrected chi connectivity index (χ4v) is 4.01. The van der Waals surface area contributed by atoms with Gasteiger partial charge in [-0.25, -0.2) is 0 Å². The normalized spacial score (nSPS) is 16.6. The van der Waals surface area contributed by atoms with Crippen LogP contribution in [0.1, 0.15) is 36.7 Å². The van der Waals surface area contributed by atoms with Crippen LogP contribution >= 0.6 is 0 Å². The van der Waals surface area contributed by atoms with Crippen molar-refractivity contribution in [3.63, 3.8) is 0 Å². The maximum absolute atomic E-state index is 12.5. The summed E-state index contributed by atoms with van der Waals surface area (Å²) in [5, 5.41) is 10.5. The van der Waals surface area contributed by atoms with Gasteiger partial charge in [0.25, 0.3) is 0 Å². The summed E-state index contributed by atoms with van der Waals surface area (Å²) >= 11 is 0. The third-order valence-corrected chi connectivity index (χ3v) is 5.59. The van der Waals surface area contributed by atoms with Crippen molar-refractivity contribution in [1.82, 2.24) is 20.0 Å². The number of rotatable bonds is 5. The van der Waals surface area contributed by atoms with Crippen molar-refractivity contribution in [2.75, 3.05) is 25.0 Å². The SMILES string of the molecule is CC(=O)NC1(c2ccccc2)CCN(CC(=O)Nc2c(C)nn(C)c2C)CC1. The minimum Gasteiger partial charge on any atom is -0.347 e. The van der Waals surface area contributed by atoms with Crippen LogP contribution in [-0.4, -0.2) is 46.1 Å². The highest BCUT2D eigenvalue weighted by Crippen LogP contribution is 2.33. The number of carbonyl (C=O) groups is 2. The highest BCUT2D eigenvalue weighted by Gasteiger charge is 2.37. The van der Waals surface area contributed by atoms with Gasteiger partial charge in [-0.2, -0.15) is 5.10 Å². The number of aromatic nitrogens is 2. The number of nitrogens with zero attached hydrogens (tertiary/aromatic N) is 3. The Morgan fingerprint density at radius 2 is 1.79 bits per heavy atom. The Bertz CT molecular complexity index is 851. The molecule has 0 bridgehead atoms. The molecule has 0 spiro atoms. The number of amides is 2. The molecule has 1 fully saturated rings. The van der Waals surface area contributed by atoms with Crippen LogP contribution in [0.4, 0.5) is 5.69 Å². The third-order valence-electron chi connectivity index (χ3n) is 5.59. The Hall–Kier alpha value is -2.67. The summed E-state index contributed by atoms with van der Waals surface area (Å²) in [6.45, 7) is 7.21. The zero-order valence-corrected chi connectivity index (χ0v) is 17.1. The summed E-state index contributed by atoms with van der Waals surface area (Å²) in [4.78, 5) is 26.5. The van der Waals surface area contributed by atoms with E-state index in [9.17, 15) is 9.59 Å². The Kier molecular flexibility index (Phi) is 5.84. The van der Waals surface area contributed by atoms with Gasteiger partial charge in [-0.15, -0.1) is 0 Å². The molecule has 7 nitrogen and oxygen atoms in total. The highest BCUT2D eigenvalue weighted by molar-refractivity contribution is 5.93. The fraction of sp³-hybridized carbons (Fsp3) is 0.476. The van der Waals surface area contributed by atoms with Crippen LogP contribution in [0.2, 0.25) is 0 Å². The van der Waals surface area contributed by atoms with Gasteiger partial charge >= 0.3 is 0 Å². The molecule has 1 aliphatic heterocycles. The lowest BCUT2D eigenvalue weighted by Crippen LogP contribution is -2.53. The first kappa shape index (κ1) is 20.1. The van der Waals surface area contributed by atoms with E-state index in [0.29, 0.717) is 6.54 Å². The van der Waals surface area contributed by atoms with Crippen LogP contribution in [0.25, 0.3) is 0 Å². The lowest BCUT2D eigenvalue weighted by atomic mass is 9.80. The molecule has 1 aromatic heterocycles. The number of benzene rings is 1. The minimum atomic E-state index is -0.364. The average Bonchev–Trinajstić information content (AvgIpc) is 2.90. The topological polar surface area (TPSA) is 79.3 Å². The molecule has 0 radical (unpaired) electrons. The van der Waals surface area contributed by atoms with Gasteiger partial charge in [0.2, 0.25) is 11.8 Å². The molecular formula is C21H29N5O2. The van der Waals surface area contributed by atoms with Crippen molar-refractivity contribution in [3.8, 4) is 0 Å². The van der Waals surface area contributed by atoms with E-state index in [-0.39, 0.29) is 17.4 Å². The number of nitrogens with one attached hydrogen (secondary N) is 2. The van der Waals surface area contributed by atoms with E-state index in [1.54, 1.807) is 11.6 Å². The molecule has 7 heteroatoms. The van der Waals surface area contributed by atoms with Crippen LogP contribution in [0.15, 0.2) is 30.3 Å². The van der Waals surface area contributed by atoms with Crippen molar-refractivity contribution in [3.05, 3.63) is 47.3 Å². The summed E-state index contributed by atoms with van der Waals surface area (Å²) in [5.41, 5.74) is 3.31. The van der Waals surface area contributed by atoms with Gasteiger partial charge in [-0.1, -0.05) is 30.3 Å². The Morgan fingerprint density at radius 1 is 1.14 bits per heavy atom. The molecule has 0 aliphatic carbocycles. The van der Waals surface area contributed by atoms with Crippen molar-refractivity contribution in [1.29, 1.82) is 0 Å². The van der Waals surface area contributed by atoms with Gasteiger partial charge in [-0.05, 0) is 32.3 Å². The average molecular weight is 383 g/mol. The highest BCUT2D eigenvalue weighted by atomic mass is 16.2. The van der Waals surface area contributed by atoms with Gasteiger partial charge in [0.1, 0.15) is 0 Å². The van der Waals surface area contributed by atoms with Gasteiger partial charge in [0, 0.05) is 27.1 Å². The second-order valence-corrected chi connectivity index (χ2v) is 7.62. The lowest BCUT2D eigenvalue weighted by molar-refractivity contribution is -0.122. The zero-order valence-electron chi connectivity index (χ0n) is 17.1. The van der Waals surface area contributed by atoms with E-state index in [0.717, 1.165) is 48.6 Å². The van der Waals surface area contributed by atoms with Gasteiger partial charge in [-0.3, -0.25) is 19.2 Å². The lowest BCUT2D eigenvalue weighted by Gasteiger charge is -2.42. The number of hydrogen-bond donors (Lipinski definition) is 2. The van der Waals surface area contributed by atoms with E-state index in [1.165, 1.54) is 0 Å². The van der Waals surface area contributed by atoms with Crippen LogP contribution in [0.3, 0.4) is 0 Å². The van der Waals surface area contributed by atoms with E-state index < -0.39 is 0 Å². The van der Waals surface area contributed by atoms with Crippen LogP contribution in [0.5, 0.6) is 0 Å². The molecule has 0 unspecified atom stereocenters. The first-order valence-corrected chi connectivity index (χ1v) is 9.67. The predicted molar refractivity (Wildman–Crippen MR) is 109 cm³/mol. The fourth-order valence-electron chi connectivity index (χ4n) is 4.01. The summed E-state index contributed by atoms with van der Waals surface area (Å²) in [5.74, 6) is -0.0662. The van der Waals surface area contributed by atoms with Crippen LogP contribution in [-0.2, 0) is 22.2 Å². The first-order chi connectivity index (χ1) is 13.3. The van der Waals surface area contributed by atoms with Crippen molar-refractivity contribution < 1.29 is 9.59 Å². The van der Waals surface area contributed by atoms with Gasteiger partial charge in [0.05, 0.1) is 29.2 Å². The molecule has 0 atom stereocenters. The molecule has 150 valence electrons. The molecule has 0 saturated carbocycles. The number of likely N-dealkylation sites (tertiary alicyclic amines) is 1. The standard InChI is InChI=1S/C21H29N5O2/c1-15-20(16(2)25(4)24-15)22-19(28)14-26-12-10-21(11-13-26,23-17(3)27)18-8-6-5-7-9-18/h5-9H,10-14H2,1-4H3,(H,22,28)(H,23,27). The summed E-state index contributed by atoms with van der Waals surface area (Å²) in [6.07, 6.45) is 1.55. The number of anilines is 1. The molecule has 1 aromatic carbocycles. The number of hydrogen-bond acceptors (Lipinski definition) is 4. The van der Waals surface area contributed by atoms with Crippen LogP contribution in [0, 0.1) is 13.8 Å². The maximum atomic E-state index is 12.5. The molecule has 2 amide bonds. The monoisotopic (exact) mass is 383 g/mol. The van der Waals surface area contributed by atoms with E-state index in [2.05, 4.69) is 32.8 Å². The summed E-state index contributed by atoms with van der Waals surface area (Å²) in [6, 6.07) is 10.1. The first-order valence-electron chi connectivity index (χ1n) is 9.67. The predicted octanol–water partition coefficient (Wildman–Crippen LogP) is 2.10. The third kappa shape index (κ3) is 4.25. The molecule has 3 rings (SSSR count). The quantitative estimate of drug-likeness (QED) is 0.829. The Labute approximate surface area is 166 Å². The molecule has 1 aliphatic rings. The molecule has 2 heterocycles. The maximum Gasteiger partial charge on any atom is 0.238 e.